The van der Waals surface area contributed by atoms with Gasteiger partial charge in [0.2, 0.25) is 10.0 Å². The fourth-order valence-electron chi connectivity index (χ4n) is 1.63. The monoisotopic (exact) mass is 326 g/mol. The van der Waals surface area contributed by atoms with Gasteiger partial charge in [-0.15, -0.1) is 0 Å². The number of nitrogens with one attached hydrogen (secondary N) is 1. The lowest BCUT2D eigenvalue weighted by Crippen LogP contribution is -2.38. The minimum atomic E-state index is -4.42. The summed E-state index contributed by atoms with van der Waals surface area (Å²) in [6.07, 6.45) is -5.64. The second kappa shape index (κ2) is 6.99. The molecular weight excluding hydrogens is 309 g/mol. The Bertz CT molecular complexity index is 561. The first-order chi connectivity index (χ1) is 9.59. The molecule has 21 heavy (non-hydrogen) atoms. The van der Waals surface area contributed by atoms with Crippen LogP contribution in [0.25, 0.3) is 0 Å². The van der Waals surface area contributed by atoms with E-state index in [1.165, 1.54) is 0 Å². The zero-order valence-corrected chi connectivity index (χ0v) is 12.2. The van der Waals surface area contributed by atoms with Gasteiger partial charge < -0.3 is 10.5 Å². The van der Waals surface area contributed by atoms with Crippen molar-refractivity contribution in [2.24, 2.45) is 0 Å². The largest absolute Gasteiger partial charge is 0.490 e. The van der Waals surface area contributed by atoms with Crippen LogP contribution in [0.15, 0.2) is 24.3 Å². The summed E-state index contributed by atoms with van der Waals surface area (Å²) in [5, 5.41) is 0. The summed E-state index contributed by atoms with van der Waals surface area (Å²) in [5.74, 6) is -0.125. The summed E-state index contributed by atoms with van der Waals surface area (Å²) in [6, 6.07) is 5.30. The standard InChI is InChI=1S/C12H17F3N2O3S/c1-9(8-12(13,14)15)17-21(18,19)7-6-20-11-5-3-2-4-10(11)16/h2-5,9,17H,6-8,16H2,1H3. The summed E-state index contributed by atoms with van der Waals surface area (Å²) in [6.45, 7) is 0.948. The average molecular weight is 326 g/mol. The summed E-state index contributed by atoms with van der Waals surface area (Å²) >= 11 is 0. The number of benzene rings is 1. The van der Waals surface area contributed by atoms with E-state index in [9.17, 15) is 21.6 Å². The van der Waals surface area contributed by atoms with Crippen LogP contribution >= 0.6 is 0 Å². The molecule has 1 aromatic rings. The quantitative estimate of drug-likeness (QED) is 0.750. The van der Waals surface area contributed by atoms with Gasteiger partial charge in [-0.1, -0.05) is 12.1 Å². The van der Waals surface area contributed by atoms with Crippen molar-refractivity contribution in [2.75, 3.05) is 18.1 Å². The highest BCUT2D eigenvalue weighted by atomic mass is 32.2. The van der Waals surface area contributed by atoms with Crippen LogP contribution in [0.2, 0.25) is 0 Å². The number of hydrogen-bond acceptors (Lipinski definition) is 4. The van der Waals surface area contributed by atoms with Crippen LogP contribution in [-0.4, -0.2) is 33.0 Å². The van der Waals surface area contributed by atoms with E-state index in [-0.39, 0.29) is 6.61 Å². The van der Waals surface area contributed by atoms with Crippen LogP contribution in [0.1, 0.15) is 13.3 Å². The molecule has 5 nitrogen and oxygen atoms in total. The van der Waals surface area contributed by atoms with E-state index in [0.717, 1.165) is 6.92 Å². The molecule has 3 N–H and O–H groups in total. The highest BCUT2D eigenvalue weighted by molar-refractivity contribution is 7.89. The molecule has 0 aliphatic heterocycles. The Morgan fingerprint density at radius 2 is 1.95 bits per heavy atom. The maximum atomic E-state index is 12.1. The Hall–Kier alpha value is -1.48. The lowest BCUT2D eigenvalue weighted by molar-refractivity contribution is -0.137. The molecule has 1 unspecified atom stereocenters. The normalized spacial score (nSPS) is 13.9. The van der Waals surface area contributed by atoms with Gasteiger partial charge in [-0.05, 0) is 19.1 Å². The Labute approximate surface area is 121 Å². The van der Waals surface area contributed by atoms with Gasteiger partial charge in [-0.3, -0.25) is 0 Å². The van der Waals surface area contributed by atoms with E-state index in [2.05, 4.69) is 0 Å². The van der Waals surface area contributed by atoms with Crippen molar-refractivity contribution in [3.05, 3.63) is 24.3 Å². The van der Waals surface area contributed by atoms with E-state index >= 15 is 0 Å². The van der Waals surface area contributed by atoms with Gasteiger partial charge in [0.05, 0.1) is 17.9 Å². The van der Waals surface area contributed by atoms with Crippen molar-refractivity contribution in [3.8, 4) is 5.75 Å². The Morgan fingerprint density at radius 1 is 1.33 bits per heavy atom. The third-order valence-corrected chi connectivity index (χ3v) is 3.91. The second-order valence-corrected chi connectivity index (χ2v) is 6.42. The van der Waals surface area contributed by atoms with E-state index in [1.807, 2.05) is 4.72 Å². The van der Waals surface area contributed by atoms with Crippen LogP contribution in [0.5, 0.6) is 5.75 Å². The first-order valence-corrected chi connectivity index (χ1v) is 7.78. The Kier molecular flexibility index (Phi) is 5.85. The summed E-state index contributed by atoms with van der Waals surface area (Å²) in [5.41, 5.74) is 5.96. The van der Waals surface area contributed by atoms with Crippen LogP contribution in [0.4, 0.5) is 18.9 Å². The van der Waals surface area contributed by atoms with Crippen LogP contribution in [0, 0.1) is 0 Å². The topological polar surface area (TPSA) is 81.4 Å². The van der Waals surface area contributed by atoms with Crippen molar-refractivity contribution in [2.45, 2.75) is 25.6 Å². The molecule has 9 heteroatoms. The van der Waals surface area contributed by atoms with Crippen molar-refractivity contribution >= 4 is 15.7 Å². The predicted octanol–water partition coefficient (Wildman–Crippen LogP) is 1.91. The number of sulfonamides is 1. The van der Waals surface area contributed by atoms with Gasteiger partial charge in [-0.2, -0.15) is 13.2 Å². The molecule has 0 amide bonds. The maximum Gasteiger partial charge on any atom is 0.390 e. The molecule has 0 saturated carbocycles. The molecule has 0 bridgehead atoms. The lowest BCUT2D eigenvalue weighted by Gasteiger charge is -2.16. The average Bonchev–Trinajstić information content (AvgIpc) is 2.27. The number of ether oxygens (including phenoxy) is 1. The van der Waals surface area contributed by atoms with E-state index in [4.69, 9.17) is 10.5 Å². The van der Waals surface area contributed by atoms with Gasteiger partial charge in [0.25, 0.3) is 0 Å². The molecule has 0 fully saturated rings. The van der Waals surface area contributed by atoms with Gasteiger partial charge in [-0.25, -0.2) is 13.1 Å². The predicted molar refractivity (Wildman–Crippen MR) is 73.4 cm³/mol. The molecule has 0 heterocycles. The third-order valence-electron chi connectivity index (χ3n) is 2.45. The van der Waals surface area contributed by atoms with Gasteiger partial charge in [0.1, 0.15) is 12.4 Å². The summed E-state index contributed by atoms with van der Waals surface area (Å²) in [7, 11) is -3.85. The van der Waals surface area contributed by atoms with E-state index in [1.54, 1.807) is 24.3 Å². The van der Waals surface area contributed by atoms with Crippen molar-refractivity contribution in [3.63, 3.8) is 0 Å². The number of rotatable bonds is 7. The Balaban J connectivity index is 2.45. The molecule has 0 aromatic heterocycles. The highest BCUT2D eigenvalue weighted by Crippen LogP contribution is 2.22. The molecule has 0 saturated heterocycles. The van der Waals surface area contributed by atoms with Gasteiger partial charge in [0.15, 0.2) is 0 Å². The van der Waals surface area contributed by atoms with Crippen LogP contribution in [-0.2, 0) is 10.0 Å². The number of anilines is 1. The second-order valence-electron chi connectivity index (χ2n) is 4.54. The zero-order chi connectivity index (χ0) is 16.1. The zero-order valence-electron chi connectivity index (χ0n) is 11.4. The molecule has 0 radical (unpaired) electrons. The Morgan fingerprint density at radius 3 is 2.52 bits per heavy atom. The summed E-state index contributed by atoms with van der Waals surface area (Å²) in [4.78, 5) is 0. The fourth-order valence-corrected chi connectivity index (χ4v) is 2.74. The minimum Gasteiger partial charge on any atom is -0.490 e. The number of nitrogen functional groups attached to an aromatic ring is 1. The number of nitrogens with two attached hydrogens (primary N) is 1. The van der Waals surface area contributed by atoms with Crippen LogP contribution < -0.4 is 15.2 Å². The SMILES string of the molecule is CC(CC(F)(F)F)NS(=O)(=O)CCOc1ccccc1N. The van der Waals surface area contributed by atoms with Crippen molar-refractivity contribution in [1.29, 1.82) is 0 Å². The lowest BCUT2D eigenvalue weighted by atomic mass is 10.2. The minimum absolute atomic E-state index is 0.206. The molecule has 0 spiro atoms. The first-order valence-electron chi connectivity index (χ1n) is 6.13. The molecule has 1 atom stereocenters. The number of alkyl halides is 3. The first kappa shape index (κ1) is 17.6. The van der Waals surface area contributed by atoms with Gasteiger partial charge >= 0.3 is 6.18 Å². The molecule has 120 valence electrons. The highest BCUT2D eigenvalue weighted by Gasteiger charge is 2.31. The maximum absolute atomic E-state index is 12.1. The number of halogens is 3. The molecule has 1 rings (SSSR count). The van der Waals surface area contributed by atoms with Gasteiger partial charge in [0, 0.05) is 6.04 Å². The number of para-hydroxylation sites is 2. The van der Waals surface area contributed by atoms with E-state index < -0.39 is 34.4 Å². The molecule has 0 aliphatic carbocycles. The number of hydrogen-bond donors (Lipinski definition) is 2. The van der Waals surface area contributed by atoms with E-state index in [0.29, 0.717) is 11.4 Å². The van der Waals surface area contributed by atoms with Crippen molar-refractivity contribution in [1.82, 2.24) is 4.72 Å². The third kappa shape index (κ3) is 7.19. The van der Waals surface area contributed by atoms with Crippen molar-refractivity contribution < 1.29 is 26.3 Å². The molecule has 0 aliphatic rings. The molecule has 1 aromatic carbocycles. The fraction of sp³-hybridized carbons (Fsp3) is 0.500. The molecular formula is C12H17F3N2O3S. The summed E-state index contributed by atoms with van der Waals surface area (Å²) < 4.78 is 66.7. The van der Waals surface area contributed by atoms with Crippen LogP contribution in [0.3, 0.4) is 0 Å². The smallest absolute Gasteiger partial charge is 0.390 e.